The maximum atomic E-state index is 13.8. The van der Waals surface area contributed by atoms with Crippen LogP contribution in [0.2, 0.25) is 0 Å². The van der Waals surface area contributed by atoms with E-state index in [1.54, 1.807) is 0 Å². The first-order chi connectivity index (χ1) is 14.6. The molecule has 5 heteroatoms. The molecular formula is C25H29N3O2. The van der Waals surface area contributed by atoms with Gasteiger partial charge in [0.1, 0.15) is 5.75 Å². The van der Waals surface area contributed by atoms with Gasteiger partial charge in [0.05, 0.1) is 25.3 Å². The third-order valence-corrected chi connectivity index (χ3v) is 5.75. The lowest BCUT2D eigenvalue weighted by atomic mass is 9.91. The Labute approximate surface area is 178 Å². The highest BCUT2D eigenvalue weighted by molar-refractivity contribution is 5.98. The first kappa shape index (κ1) is 20.2. The summed E-state index contributed by atoms with van der Waals surface area (Å²) in [6.45, 7) is 8.28. The number of para-hydroxylation sites is 1. The number of rotatable bonds is 6. The number of carbonyl (C=O) groups is 1. The van der Waals surface area contributed by atoms with Crippen molar-refractivity contribution in [2.24, 2.45) is 0 Å². The second-order valence-electron chi connectivity index (χ2n) is 8.10. The monoisotopic (exact) mass is 403 g/mol. The van der Waals surface area contributed by atoms with E-state index in [0.29, 0.717) is 25.5 Å². The van der Waals surface area contributed by atoms with Crippen molar-refractivity contribution in [2.45, 2.75) is 52.1 Å². The molecule has 0 fully saturated rings. The molecule has 3 aromatic rings. The summed E-state index contributed by atoms with van der Waals surface area (Å²) in [6.07, 6.45) is 4.55. The summed E-state index contributed by atoms with van der Waals surface area (Å²) in [4.78, 5) is 15.7. The molecule has 1 atom stereocenters. The summed E-state index contributed by atoms with van der Waals surface area (Å²) in [5, 5.41) is 4.39. The van der Waals surface area contributed by atoms with E-state index in [2.05, 4.69) is 50.1 Å². The third-order valence-electron chi connectivity index (χ3n) is 5.75. The maximum absolute atomic E-state index is 13.8. The molecule has 1 amide bonds. The number of anilines is 1. The lowest BCUT2D eigenvalue weighted by molar-refractivity contribution is -0.120. The predicted octanol–water partition coefficient (Wildman–Crippen LogP) is 5.13. The lowest BCUT2D eigenvalue weighted by Crippen LogP contribution is -2.36. The van der Waals surface area contributed by atoms with Crippen LogP contribution in [0.25, 0.3) is 0 Å². The van der Waals surface area contributed by atoms with Crippen LogP contribution in [0.3, 0.4) is 0 Å². The number of nitrogens with zero attached hydrogens (tertiary/aromatic N) is 3. The van der Waals surface area contributed by atoms with Gasteiger partial charge in [-0.15, -0.1) is 0 Å². The van der Waals surface area contributed by atoms with Gasteiger partial charge >= 0.3 is 0 Å². The second-order valence-corrected chi connectivity index (χ2v) is 8.10. The number of aryl methyl sites for hydroxylation is 1. The molecule has 0 saturated heterocycles. The number of fused-ring (bicyclic) bond motifs is 1. The van der Waals surface area contributed by atoms with Crippen LogP contribution < -0.4 is 9.64 Å². The molecule has 1 aromatic heterocycles. The summed E-state index contributed by atoms with van der Waals surface area (Å²) < 4.78 is 7.68. The van der Waals surface area contributed by atoms with Gasteiger partial charge < -0.3 is 9.64 Å². The zero-order chi connectivity index (χ0) is 21.1. The first-order valence-electron chi connectivity index (χ1n) is 10.7. The molecule has 0 aliphatic carbocycles. The number of carbonyl (C=O) groups excluding carboxylic acids is 1. The van der Waals surface area contributed by atoms with Crippen molar-refractivity contribution in [3.8, 4) is 5.75 Å². The Bertz CT molecular complexity index is 1010. The van der Waals surface area contributed by atoms with Crippen LogP contribution in [0.5, 0.6) is 5.75 Å². The molecule has 1 aliphatic heterocycles. The largest absolute Gasteiger partial charge is 0.493 e. The Hall–Kier alpha value is -3.08. The highest BCUT2D eigenvalue weighted by Gasteiger charge is 2.32. The average molecular weight is 404 g/mol. The van der Waals surface area contributed by atoms with Gasteiger partial charge in [0.15, 0.2) is 0 Å². The summed E-state index contributed by atoms with van der Waals surface area (Å²) in [7, 11) is 0. The molecule has 0 spiro atoms. The number of hydrogen-bond acceptors (Lipinski definition) is 3. The molecule has 30 heavy (non-hydrogen) atoms. The quantitative estimate of drug-likeness (QED) is 0.573. The van der Waals surface area contributed by atoms with E-state index >= 15 is 0 Å². The number of ether oxygens (including phenoxy) is 1. The van der Waals surface area contributed by atoms with Crippen LogP contribution >= 0.6 is 0 Å². The molecular weight excluding hydrogens is 374 g/mol. The van der Waals surface area contributed by atoms with Gasteiger partial charge in [-0.2, -0.15) is 5.10 Å². The first-order valence-corrected chi connectivity index (χ1v) is 10.7. The zero-order valence-corrected chi connectivity index (χ0v) is 17.9. The van der Waals surface area contributed by atoms with E-state index in [4.69, 9.17) is 4.74 Å². The van der Waals surface area contributed by atoms with E-state index in [1.807, 2.05) is 46.2 Å². The van der Waals surface area contributed by atoms with Crippen molar-refractivity contribution in [2.75, 3.05) is 11.5 Å². The Morgan fingerprint density at radius 2 is 1.97 bits per heavy atom. The highest BCUT2D eigenvalue weighted by Crippen LogP contribution is 2.36. The Morgan fingerprint density at radius 3 is 2.67 bits per heavy atom. The average Bonchev–Trinajstić information content (AvgIpc) is 3.24. The molecule has 1 unspecified atom stereocenters. The molecule has 0 saturated carbocycles. The van der Waals surface area contributed by atoms with Crippen molar-refractivity contribution in [1.29, 1.82) is 0 Å². The molecule has 1 aliphatic rings. The molecule has 5 nitrogen and oxygen atoms in total. The molecule has 156 valence electrons. The molecule has 0 bridgehead atoms. The number of hydrogen-bond donors (Lipinski definition) is 0. The molecule has 4 rings (SSSR count). The summed E-state index contributed by atoms with van der Waals surface area (Å²) >= 11 is 0. The topological polar surface area (TPSA) is 47.4 Å². The summed E-state index contributed by atoms with van der Waals surface area (Å²) in [6, 6.07) is 16.2. The van der Waals surface area contributed by atoms with Gasteiger partial charge in [0.25, 0.3) is 0 Å². The smallest absolute Gasteiger partial charge is 0.235 e. The van der Waals surface area contributed by atoms with Crippen LogP contribution in [0.1, 0.15) is 55.7 Å². The van der Waals surface area contributed by atoms with Gasteiger partial charge in [0.2, 0.25) is 5.91 Å². The Balaban J connectivity index is 1.68. The van der Waals surface area contributed by atoms with Crippen LogP contribution in [-0.4, -0.2) is 22.3 Å². The van der Waals surface area contributed by atoms with Crippen molar-refractivity contribution >= 4 is 11.6 Å². The van der Waals surface area contributed by atoms with E-state index < -0.39 is 0 Å². The Morgan fingerprint density at radius 1 is 1.20 bits per heavy atom. The van der Waals surface area contributed by atoms with Gasteiger partial charge in [-0.3, -0.25) is 9.48 Å². The number of benzene rings is 2. The van der Waals surface area contributed by atoms with Crippen LogP contribution in [0.4, 0.5) is 5.69 Å². The maximum Gasteiger partial charge on any atom is 0.235 e. The summed E-state index contributed by atoms with van der Waals surface area (Å²) in [5.74, 6) is 1.16. The van der Waals surface area contributed by atoms with Crippen LogP contribution in [0, 0.1) is 0 Å². The number of aromatic nitrogens is 2. The van der Waals surface area contributed by atoms with Crippen LogP contribution in [-0.2, 0) is 17.9 Å². The van der Waals surface area contributed by atoms with Crippen molar-refractivity contribution in [1.82, 2.24) is 9.78 Å². The minimum Gasteiger partial charge on any atom is -0.493 e. The van der Waals surface area contributed by atoms with E-state index in [-0.39, 0.29) is 11.8 Å². The molecule has 2 aromatic carbocycles. The third kappa shape index (κ3) is 4.11. The minimum absolute atomic E-state index is 0.104. The zero-order valence-electron chi connectivity index (χ0n) is 17.9. The van der Waals surface area contributed by atoms with Crippen molar-refractivity contribution < 1.29 is 9.53 Å². The molecule has 2 heterocycles. The van der Waals surface area contributed by atoms with Gasteiger partial charge in [-0.25, -0.2) is 0 Å². The minimum atomic E-state index is -0.207. The predicted molar refractivity (Wildman–Crippen MR) is 119 cm³/mol. The second kappa shape index (κ2) is 8.74. The molecule has 0 N–H and O–H groups in total. The SMILES string of the molecule is CCn1cc(CN(C(=O)C2CCOc3ccccc32)c2ccc(C(C)C)cc2)cn1. The van der Waals surface area contributed by atoms with E-state index in [1.165, 1.54) is 5.56 Å². The van der Waals surface area contributed by atoms with Crippen molar-refractivity contribution in [3.63, 3.8) is 0 Å². The fourth-order valence-corrected chi connectivity index (χ4v) is 3.97. The Kier molecular flexibility index (Phi) is 5.88. The normalized spacial score (nSPS) is 15.5. The standard InChI is InChI=1S/C25H29N3O2/c1-4-27-16-19(15-26-27)17-28(21-11-9-20(10-12-21)18(2)3)25(29)23-13-14-30-24-8-6-5-7-22(23)24/h5-12,15-16,18,23H,4,13-14,17H2,1-3H3. The fourth-order valence-electron chi connectivity index (χ4n) is 3.97. The van der Waals surface area contributed by atoms with E-state index in [0.717, 1.165) is 29.1 Å². The van der Waals surface area contributed by atoms with Gasteiger partial charge in [-0.1, -0.05) is 44.2 Å². The summed E-state index contributed by atoms with van der Waals surface area (Å²) in [5.41, 5.74) is 4.18. The fraction of sp³-hybridized carbons (Fsp3) is 0.360. The van der Waals surface area contributed by atoms with E-state index in [9.17, 15) is 4.79 Å². The lowest BCUT2D eigenvalue weighted by Gasteiger charge is -2.31. The van der Waals surface area contributed by atoms with Crippen molar-refractivity contribution in [3.05, 3.63) is 77.6 Å². The highest BCUT2D eigenvalue weighted by atomic mass is 16.5. The molecule has 0 radical (unpaired) electrons. The van der Waals surface area contributed by atoms with Gasteiger partial charge in [-0.05, 0) is 43.0 Å². The van der Waals surface area contributed by atoms with Crippen LogP contribution in [0.15, 0.2) is 60.9 Å². The van der Waals surface area contributed by atoms with Gasteiger partial charge in [0, 0.05) is 29.6 Å². The number of amides is 1.